The van der Waals surface area contributed by atoms with Crippen LogP contribution >= 0.6 is 0 Å². The van der Waals surface area contributed by atoms with Crippen LogP contribution < -0.4 is 15.4 Å². The topological polar surface area (TPSA) is 50.4 Å². The van der Waals surface area contributed by atoms with E-state index in [1.165, 1.54) is 19.3 Å². The van der Waals surface area contributed by atoms with E-state index in [4.69, 9.17) is 4.74 Å². The SMILES string of the molecule is O=C(NCCC1CCC1)c1cccc2c1OCCN2. The number of para-hydroxylation sites is 1. The Hall–Kier alpha value is -1.71. The molecule has 102 valence electrons. The Morgan fingerprint density at radius 2 is 2.32 bits per heavy atom. The molecule has 2 aliphatic rings. The molecule has 0 radical (unpaired) electrons. The van der Waals surface area contributed by atoms with Gasteiger partial charge in [-0.3, -0.25) is 4.79 Å². The second-order valence-corrected chi connectivity index (χ2v) is 5.30. The molecular formula is C15H20N2O2. The lowest BCUT2D eigenvalue weighted by Crippen LogP contribution is -2.29. The number of hydrogen-bond acceptors (Lipinski definition) is 3. The molecule has 1 heterocycles. The predicted octanol–water partition coefficient (Wildman–Crippen LogP) is 2.41. The molecule has 0 unspecified atom stereocenters. The van der Waals surface area contributed by atoms with E-state index in [1.54, 1.807) is 0 Å². The molecule has 1 aliphatic heterocycles. The fourth-order valence-corrected chi connectivity index (χ4v) is 2.62. The lowest BCUT2D eigenvalue weighted by Gasteiger charge is -2.25. The monoisotopic (exact) mass is 260 g/mol. The predicted molar refractivity (Wildman–Crippen MR) is 74.7 cm³/mol. The van der Waals surface area contributed by atoms with Crippen LogP contribution in [0.1, 0.15) is 36.0 Å². The first kappa shape index (κ1) is 12.3. The molecule has 1 aromatic rings. The van der Waals surface area contributed by atoms with Crippen LogP contribution in [0.25, 0.3) is 0 Å². The summed E-state index contributed by atoms with van der Waals surface area (Å²) in [7, 11) is 0. The van der Waals surface area contributed by atoms with E-state index in [9.17, 15) is 4.79 Å². The summed E-state index contributed by atoms with van der Waals surface area (Å²) in [5.74, 6) is 1.48. The van der Waals surface area contributed by atoms with E-state index < -0.39 is 0 Å². The second-order valence-electron chi connectivity index (χ2n) is 5.30. The number of carbonyl (C=O) groups excluding carboxylic acids is 1. The summed E-state index contributed by atoms with van der Waals surface area (Å²) >= 11 is 0. The van der Waals surface area contributed by atoms with Crippen LogP contribution in [0.4, 0.5) is 5.69 Å². The first-order valence-electron chi connectivity index (χ1n) is 7.12. The van der Waals surface area contributed by atoms with Crippen LogP contribution in [0.3, 0.4) is 0 Å². The summed E-state index contributed by atoms with van der Waals surface area (Å²) in [6, 6.07) is 5.66. The molecule has 0 atom stereocenters. The third-order valence-corrected chi connectivity index (χ3v) is 3.99. The maximum absolute atomic E-state index is 12.2. The Bertz CT molecular complexity index is 469. The third kappa shape index (κ3) is 2.67. The van der Waals surface area contributed by atoms with Crippen molar-refractivity contribution in [3.63, 3.8) is 0 Å². The summed E-state index contributed by atoms with van der Waals surface area (Å²) < 4.78 is 5.61. The zero-order valence-corrected chi connectivity index (χ0v) is 11.1. The van der Waals surface area contributed by atoms with E-state index in [0.29, 0.717) is 17.9 Å². The van der Waals surface area contributed by atoms with Crippen molar-refractivity contribution >= 4 is 11.6 Å². The number of amides is 1. The van der Waals surface area contributed by atoms with E-state index in [0.717, 1.165) is 31.1 Å². The van der Waals surface area contributed by atoms with Gasteiger partial charge in [0.05, 0.1) is 11.3 Å². The third-order valence-electron chi connectivity index (χ3n) is 3.99. The van der Waals surface area contributed by atoms with Crippen LogP contribution in [-0.4, -0.2) is 25.6 Å². The Kier molecular flexibility index (Phi) is 3.58. The van der Waals surface area contributed by atoms with Crippen molar-refractivity contribution in [1.29, 1.82) is 0 Å². The van der Waals surface area contributed by atoms with Gasteiger partial charge in [0, 0.05) is 13.1 Å². The molecular weight excluding hydrogens is 240 g/mol. The van der Waals surface area contributed by atoms with Crippen molar-refractivity contribution in [2.45, 2.75) is 25.7 Å². The van der Waals surface area contributed by atoms with Gasteiger partial charge < -0.3 is 15.4 Å². The largest absolute Gasteiger partial charge is 0.489 e. The average molecular weight is 260 g/mol. The molecule has 1 fully saturated rings. The molecule has 0 bridgehead atoms. The summed E-state index contributed by atoms with van der Waals surface area (Å²) in [5, 5.41) is 6.25. The lowest BCUT2D eigenvalue weighted by molar-refractivity contribution is 0.0945. The minimum atomic E-state index is -0.0279. The number of hydrogen-bond donors (Lipinski definition) is 2. The Morgan fingerprint density at radius 1 is 1.42 bits per heavy atom. The van der Waals surface area contributed by atoms with Crippen LogP contribution in [0.2, 0.25) is 0 Å². The van der Waals surface area contributed by atoms with Gasteiger partial charge in [-0.2, -0.15) is 0 Å². The van der Waals surface area contributed by atoms with Crippen LogP contribution in [0, 0.1) is 5.92 Å². The molecule has 1 aromatic carbocycles. The summed E-state index contributed by atoms with van der Waals surface area (Å²) in [6.07, 6.45) is 5.09. The van der Waals surface area contributed by atoms with Gasteiger partial charge in [-0.1, -0.05) is 25.3 Å². The molecule has 19 heavy (non-hydrogen) atoms. The van der Waals surface area contributed by atoms with Gasteiger partial charge in [0.15, 0.2) is 5.75 Å². The van der Waals surface area contributed by atoms with E-state index in [-0.39, 0.29) is 5.91 Å². The number of anilines is 1. The fraction of sp³-hybridized carbons (Fsp3) is 0.533. The van der Waals surface area contributed by atoms with Crippen LogP contribution in [-0.2, 0) is 0 Å². The minimum Gasteiger partial charge on any atom is -0.489 e. The average Bonchev–Trinajstić information content (AvgIpc) is 2.40. The van der Waals surface area contributed by atoms with Gasteiger partial charge in [0.1, 0.15) is 6.61 Å². The Balaban J connectivity index is 1.62. The number of carbonyl (C=O) groups is 1. The highest BCUT2D eigenvalue weighted by molar-refractivity contribution is 5.98. The number of nitrogens with one attached hydrogen (secondary N) is 2. The van der Waals surface area contributed by atoms with Crippen molar-refractivity contribution in [2.75, 3.05) is 25.0 Å². The van der Waals surface area contributed by atoms with Gasteiger partial charge in [0.25, 0.3) is 5.91 Å². The quantitative estimate of drug-likeness (QED) is 0.874. The molecule has 1 amide bonds. The van der Waals surface area contributed by atoms with Crippen LogP contribution in [0.5, 0.6) is 5.75 Å². The van der Waals surface area contributed by atoms with Crippen molar-refractivity contribution in [3.8, 4) is 5.75 Å². The highest BCUT2D eigenvalue weighted by Gasteiger charge is 2.20. The number of ether oxygens (including phenoxy) is 1. The van der Waals surface area contributed by atoms with E-state index >= 15 is 0 Å². The number of fused-ring (bicyclic) bond motifs is 1. The maximum atomic E-state index is 12.2. The second kappa shape index (κ2) is 5.51. The van der Waals surface area contributed by atoms with Gasteiger partial charge in [-0.15, -0.1) is 0 Å². The highest BCUT2D eigenvalue weighted by Crippen LogP contribution is 2.31. The van der Waals surface area contributed by atoms with Crippen molar-refractivity contribution < 1.29 is 9.53 Å². The maximum Gasteiger partial charge on any atom is 0.255 e. The number of benzene rings is 1. The summed E-state index contributed by atoms with van der Waals surface area (Å²) in [5.41, 5.74) is 1.55. The van der Waals surface area contributed by atoms with E-state index in [1.807, 2.05) is 18.2 Å². The molecule has 3 rings (SSSR count). The molecule has 0 saturated heterocycles. The number of rotatable bonds is 4. The van der Waals surface area contributed by atoms with Gasteiger partial charge in [0.2, 0.25) is 0 Å². The zero-order chi connectivity index (χ0) is 13.1. The molecule has 2 N–H and O–H groups in total. The highest BCUT2D eigenvalue weighted by atomic mass is 16.5. The first-order valence-corrected chi connectivity index (χ1v) is 7.12. The summed E-state index contributed by atoms with van der Waals surface area (Å²) in [4.78, 5) is 12.2. The molecule has 4 heteroatoms. The molecule has 0 spiro atoms. The molecule has 1 aliphatic carbocycles. The minimum absolute atomic E-state index is 0.0279. The van der Waals surface area contributed by atoms with Gasteiger partial charge in [-0.25, -0.2) is 0 Å². The standard InChI is InChI=1S/C15H20N2O2/c18-15(17-8-7-11-3-1-4-11)12-5-2-6-13-14(12)19-10-9-16-13/h2,5-6,11,16H,1,3-4,7-10H2,(H,17,18). The van der Waals surface area contributed by atoms with E-state index in [2.05, 4.69) is 10.6 Å². The Morgan fingerprint density at radius 3 is 3.11 bits per heavy atom. The van der Waals surface area contributed by atoms with Crippen LogP contribution in [0.15, 0.2) is 18.2 Å². The first-order chi connectivity index (χ1) is 9.34. The zero-order valence-electron chi connectivity index (χ0n) is 11.1. The van der Waals surface area contributed by atoms with Gasteiger partial charge >= 0.3 is 0 Å². The van der Waals surface area contributed by atoms with Crippen molar-refractivity contribution in [2.24, 2.45) is 5.92 Å². The molecule has 1 saturated carbocycles. The van der Waals surface area contributed by atoms with Crippen molar-refractivity contribution in [3.05, 3.63) is 23.8 Å². The lowest BCUT2D eigenvalue weighted by atomic mass is 9.83. The fourth-order valence-electron chi connectivity index (χ4n) is 2.62. The smallest absolute Gasteiger partial charge is 0.255 e. The van der Waals surface area contributed by atoms with Gasteiger partial charge in [-0.05, 0) is 24.5 Å². The Labute approximate surface area is 113 Å². The van der Waals surface area contributed by atoms with Crippen molar-refractivity contribution in [1.82, 2.24) is 5.32 Å². The molecule has 0 aromatic heterocycles. The molecule has 4 nitrogen and oxygen atoms in total. The normalized spacial score (nSPS) is 17.7. The summed E-state index contributed by atoms with van der Waals surface area (Å²) in [6.45, 7) is 2.17.